The number of aryl methyl sites for hydroxylation is 1. The number of rotatable bonds is 6. The van der Waals surface area contributed by atoms with Crippen molar-refractivity contribution in [2.24, 2.45) is 5.41 Å². The minimum Gasteiger partial charge on any atom is -0.493 e. The van der Waals surface area contributed by atoms with E-state index < -0.39 is 0 Å². The maximum Gasteiger partial charge on any atom is 0.123 e. The molecule has 114 valence electrons. The molecule has 0 bridgehead atoms. The van der Waals surface area contributed by atoms with Gasteiger partial charge in [0.05, 0.1) is 6.61 Å². The van der Waals surface area contributed by atoms with Gasteiger partial charge < -0.3 is 4.74 Å². The highest BCUT2D eigenvalue weighted by Crippen LogP contribution is 2.35. The van der Waals surface area contributed by atoms with Crippen LogP contribution in [0, 0.1) is 12.3 Å². The minimum absolute atomic E-state index is 0.101. The first kappa shape index (κ1) is 17.4. The van der Waals surface area contributed by atoms with Crippen LogP contribution in [0.4, 0.5) is 0 Å². The summed E-state index contributed by atoms with van der Waals surface area (Å²) in [6.07, 6.45) is 2.20. The van der Waals surface area contributed by atoms with Crippen LogP contribution in [0.1, 0.15) is 58.6 Å². The zero-order valence-electron chi connectivity index (χ0n) is 13.9. The van der Waals surface area contributed by atoms with Gasteiger partial charge in [-0.2, -0.15) is 12.6 Å². The van der Waals surface area contributed by atoms with Crippen molar-refractivity contribution in [2.45, 2.75) is 59.8 Å². The number of hydrogen-bond donors (Lipinski definition) is 1. The van der Waals surface area contributed by atoms with Gasteiger partial charge >= 0.3 is 0 Å². The predicted molar refractivity (Wildman–Crippen MR) is 92.2 cm³/mol. The molecule has 0 aliphatic heterocycles. The van der Waals surface area contributed by atoms with E-state index in [0.717, 1.165) is 31.0 Å². The summed E-state index contributed by atoms with van der Waals surface area (Å²) in [7, 11) is 0. The fraction of sp³-hybridized carbons (Fsp3) is 0.667. The molecule has 1 aromatic rings. The summed E-state index contributed by atoms with van der Waals surface area (Å²) < 4.78 is 6.21. The minimum atomic E-state index is 0.101. The first-order valence-corrected chi connectivity index (χ1v) is 8.26. The molecular formula is C18H30OS. The van der Waals surface area contributed by atoms with Gasteiger partial charge in [0.2, 0.25) is 0 Å². The zero-order valence-corrected chi connectivity index (χ0v) is 14.8. The van der Waals surface area contributed by atoms with E-state index in [1.165, 1.54) is 11.1 Å². The average Bonchev–Trinajstić information content (AvgIpc) is 2.41. The first-order valence-electron chi connectivity index (χ1n) is 7.63. The van der Waals surface area contributed by atoms with Crippen LogP contribution in [0.15, 0.2) is 18.2 Å². The second-order valence-corrected chi connectivity index (χ2v) is 7.22. The second-order valence-electron chi connectivity index (χ2n) is 6.90. The number of hydrogen-bond acceptors (Lipinski definition) is 2. The molecule has 0 heterocycles. The number of thiol groups is 1. The molecular weight excluding hydrogens is 264 g/mol. The lowest BCUT2D eigenvalue weighted by Crippen LogP contribution is -2.30. The Kier molecular flexibility index (Phi) is 6.00. The maximum absolute atomic E-state index is 6.21. The van der Waals surface area contributed by atoms with E-state index >= 15 is 0 Å². The fourth-order valence-corrected chi connectivity index (χ4v) is 2.85. The van der Waals surface area contributed by atoms with Crippen LogP contribution < -0.4 is 4.74 Å². The van der Waals surface area contributed by atoms with E-state index in [0.29, 0.717) is 0 Å². The SMILES string of the molecule is CCC(CC)(CS)COc1ccc(C)cc1C(C)(C)C. The van der Waals surface area contributed by atoms with Gasteiger partial charge in [-0.05, 0) is 42.6 Å². The van der Waals surface area contributed by atoms with Gasteiger partial charge in [0.15, 0.2) is 0 Å². The lowest BCUT2D eigenvalue weighted by Gasteiger charge is -2.31. The van der Waals surface area contributed by atoms with Crippen molar-refractivity contribution in [2.75, 3.05) is 12.4 Å². The molecule has 1 nitrogen and oxygen atoms in total. The number of ether oxygens (including phenoxy) is 1. The van der Waals surface area contributed by atoms with Gasteiger partial charge in [0.25, 0.3) is 0 Å². The molecule has 0 N–H and O–H groups in total. The second kappa shape index (κ2) is 6.89. The van der Waals surface area contributed by atoms with Crippen molar-refractivity contribution in [1.29, 1.82) is 0 Å². The third kappa shape index (κ3) is 4.18. The number of benzene rings is 1. The average molecular weight is 295 g/mol. The highest BCUT2D eigenvalue weighted by atomic mass is 32.1. The zero-order chi connectivity index (χ0) is 15.4. The van der Waals surface area contributed by atoms with E-state index in [2.05, 4.69) is 72.4 Å². The smallest absolute Gasteiger partial charge is 0.123 e. The monoisotopic (exact) mass is 294 g/mol. The van der Waals surface area contributed by atoms with E-state index in [1.54, 1.807) is 0 Å². The summed E-state index contributed by atoms with van der Waals surface area (Å²) in [6.45, 7) is 14.0. The fourth-order valence-electron chi connectivity index (χ4n) is 2.31. The van der Waals surface area contributed by atoms with Crippen molar-refractivity contribution in [3.8, 4) is 5.75 Å². The Labute approximate surface area is 130 Å². The summed E-state index contributed by atoms with van der Waals surface area (Å²) in [6, 6.07) is 6.49. The molecule has 2 heteroatoms. The summed E-state index contributed by atoms with van der Waals surface area (Å²) in [5.41, 5.74) is 2.86. The van der Waals surface area contributed by atoms with Gasteiger partial charge in [-0.15, -0.1) is 0 Å². The van der Waals surface area contributed by atoms with E-state index in [-0.39, 0.29) is 10.8 Å². The lowest BCUT2D eigenvalue weighted by atomic mass is 9.84. The Morgan fingerprint density at radius 1 is 1.10 bits per heavy atom. The highest BCUT2D eigenvalue weighted by molar-refractivity contribution is 7.80. The summed E-state index contributed by atoms with van der Waals surface area (Å²) in [4.78, 5) is 0. The molecule has 0 amide bonds. The molecule has 0 fully saturated rings. The Balaban J connectivity index is 2.98. The predicted octanol–water partition coefficient (Wildman–Crippen LogP) is 5.41. The Hall–Kier alpha value is -0.630. The van der Waals surface area contributed by atoms with Gasteiger partial charge in [-0.25, -0.2) is 0 Å². The maximum atomic E-state index is 6.21. The van der Waals surface area contributed by atoms with Gasteiger partial charge in [0.1, 0.15) is 5.75 Å². The van der Waals surface area contributed by atoms with Crippen LogP contribution in [0.2, 0.25) is 0 Å². The Morgan fingerprint density at radius 2 is 1.70 bits per heavy atom. The normalized spacial score (nSPS) is 12.6. The standard InChI is InChI=1S/C18H30OS/c1-7-18(8-2,13-20)12-19-16-10-9-14(3)11-15(16)17(4,5)6/h9-11,20H,7-8,12-13H2,1-6H3. The van der Waals surface area contributed by atoms with Crippen LogP contribution in [-0.2, 0) is 5.41 Å². The van der Waals surface area contributed by atoms with Crippen LogP contribution in [0.3, 0.4) is 0 Å². The summed E-state index contributed by atoms with van der Waals surface area (Å²) in [5, 5.41) is 0. The Bertz CT molecular complexity index is 419. The molecule has 0 aliphatic rings. The van der Waals surface area contributed by atoms with Gasteiger partial charge in [-0.1, -0.05) is 52.3 Å². The highest BCUT2D eigenvalue weighted by Gasteiger charge is 2.27. The molecule has 1 aromatic carbocycles. The van der Waals surface area contributed by atoms with Crippen molar-refractivity contribution >= 4 is 12.6 Å². The van der Waals surface area contributed by atoms with Crippen LogP contribution in [0.5, 0.6) is 5.75 Å². The van der Waals surface area contributed by atoms with Crippen molar-refractivity contribution in [3.05, 3.63) is 29.3 Å². The van der Waals surface area contributed by atoms with E-state index in [9.17, 15) is 0 Å². The molecule has 0 saturated heterocycles. The molecule has 1 rings (SSSR count). The van der Waals surface area contributed by atoms with Gasteiger partial charge in [-0.3, -0.25) is 0 Å². The third-order valence-electron chi connectivity index (χ3n) is 4.31. The van der Waals surface area contributed by atoms with E-state index in [1.807, 2.05) is 0 Å². The molecule has 0 spiro atoms. The molecule has 20 heavy (non-hydrogen) atoms. The molecule has 0 aromatic heterocycles. The summed E-state index contributed by atoms with van der Waals surface area (Å²) in [5.74, 6) is 1.90. The topological polar surface area (TPSA) is 9.23 Å². The molecule has 0 atom stereocenters. The molecule has 0 radical (unpaired) electrons. The van der Waals surface area contributed by atoms with E-state index in [4.69, 9.17) is 4.74 Å². The van der Waals surface area contributed by atoms with Crippen molar-refractivity contribution in [1.82, 2.24) is 0 Å². The van der Waals surface area contributed by atoms with Crippen molar-refractivity contribution in [3.63, 3.8) is 0 Å². The van der Waals surface area contributed by atoms with Crippen LogP contribution in [0.25, 0.3) is 0 Å². The molecule has 0 aliphatic carbocycles. The first-order chi connectivity index (χ1) is 9.28. The lowest BCUT2D eigenvalue weighted by molar-refractivity contribution is 0.154. The summed E-state index contributed by atoms with van der Waals surface area (Å²) >= 11 is 4.53. The largest absolute Gasteiger partial charge is 0.493 e. The van der Waals surface area contributed by atoms with Crippen molar-refractivity contribution < 1.29 is 4.74 Å². The molecule has 0 unspecified atom stereocenters. The third-order valence-corrected chi connectivity index (χ3v) is 4.98. The quantitative estimate of drug-likeness (QED) is 0.690. The Morgan fingerprint density at radius 3 is 2.15 bits per heavy atom. The van der Waals surface area contributed by atoms with Crippen LogP contribution in [-0.4, -0.2) is 12.4 Å². The van der Waals surface area contributed by atoms with Crippen LogP contribution >= 0.6 is 12.6 Å². The molecule has 0 saturated carbocycles. The van der Waals surface area contributed by atoms with Gasteiger partial charge in [0, 0.05) is 5.41 Å².